The number of halogens is 2. The van der Waals surface area contributed by atoms with Crippen molar-refractivity contribution in [3.63, 3.8) is 0 Å². The van der Waals surface area contributed by atoms with Gasteiger partial charge >= 0.3 is 0 Å². The first kappa shape index (κ1) is 13.5. The van der Waals surface area contributed by atoms with Crippen molar-refractivity contribution in [2.45, 2.75) is 31.2 Å². The normalized spacial score (nSPS) is 29.0. The van der Waals surface area contributed by atoms with Crippen LogP contribution in [0.5, 0.6) is 0 Å². The molecule has 1 saturated heterocycles. The zero-order chi connectivity index (χ0) is 14.1. The Kier molecular flexibility index (Phi) is 3.70. The minimum Gasteiger partial charge on any atom is -0.352 e. The maximum absolute atomic E-state index is 13.7. The van der Waals surface area contributed by atoms with Gasteiger partial charge in [-0.15, -0.1) is 0 Å². The van der Waals surface area contributed by atoms with Gasteiger partial charge in [0.15, 0.2) is 0 Å². The summed E-state index contributed by atoms with van der Waals surface area (Å²) in [4.78, 5) is 12.1. The summed E-state index contributed by atoms with van der Waals surface area (Å²) in [5.74, 6) is -1.78. The molecule has 1 aromatic carbocycles. The summed E-state index contributed by atoms with van der Waals surface area (Å²) in [5, 5.41) is 6.20. The molecule has 1 saturated carbocycles. The molecular weight excluding hydrogens is 262 g/mol. The minimum absolute atomic E-state index is 0.0643. The van der Waals surface area contributed by atoms with Crippen LogP contribution in [0.2, 0.25) is 0 Å². The van der Waals surface area contributed by atoms with Gasteiger partial charge in [0.1, 0.15) is 11.6 Å². The fourth-order valence-electron chi connectivity index (χ4n) is 2.95. The standard InChI is InChI=1S/C15H18F2N2O/c16-12-4-1-5-13(17)14(12)10-7-11(10)15(20)19-9-3-2-6-18-8-9/h1,4-5,9-11,18H,2-3,6-8H2,(H,19,20)/t9-,10?,11?/m0/s1. The van der Waals surface area contributed by atoms with Crippen molar-refractivity contribution in [2.24, 2.45) is 5.92 Å². The molecule has 0 bridgehead atoms. The van der Waals surface area contributed by atoms with Crippen molar-refractivity contribution in [3.05, 3.63) is 35.4 Å². The van der Waals surface area contributed by atoms with E-state index in [4.69, 9.17) is 0 Å². The molecule has 2 fully saturated rings. The van der Waals surface area contributed by atoms with Crippen LogP contribution in [0.4, 0.5) is 8.78 Å². The molecule has 20 heavy (non-hydrogen) atoms. The molecule has 1 aliphatic heterocycles. The van der Waals surface area contributed by atoms with E-state index < -0.39 is 11.6 Å². The maximum atomic E-state index is 13.7. The van der Waals surface area contributed by atoms with Crippen LogP contribution in [0.1, 0.15) is 30.7 Å². The number of piperidine rings is 1. The summed E-state index contributed by atoms with van der Waals surface area (Å²) in [6.07, 6.45) is 2.54. The van der Waals surface area contributed by atoms with Crippen LogP contribution in [-0.4, -0.2) is 25.0 Å². The molecule has 0 spiro atoms. The van der Waals surface area contributed by atoms with Gasteiger partial charge in [0, 0.05) is 30.0 Å². The van der Waals surface area contributed by atoms with Crippen molar-refractivity contribution in [2.75, 3.05) is 13.1 Å². The molecule has 1 heterocycles. The Morgan fingerprint density at radius 1 is 1.30 bits per heavy atom. The number of nitrogens with one attached hydrogen (secondary N) is 2. The second-order valence-corrected chi connectivity index (χ2v) is 5.64. The Labute approximate surface area is 116 Å². The first-order valence-corrected chi connectivity index (χ1v) is 7.12. The van der Waals surface area contributed by atoms with Gasteiger partial charge in [-0.3, -0.25) is 4.79 Å². The van der Waals surface area contributed by atoms with Crippen LogP contribution >= 0.6 is 0 Å². The quantitative estimate of drug-likeness (QED) is 0.888. The first-order chi connectivity index (χ1) is 9.66. The fourth-order valence-corrected chi connectivity index (χ4v) is 2.95. The summed E-state index contributed by atoms with van der Waals surface area (Å²) < 4.78 is 27.3. The summed E-state index contributed by atoms with van der Waals surface area (Å²) in [6, 6.07) is 3.98. The Bertz CT molecular complexity index is 494. The Balaban J connectivity index is 1.62. The highest BCUT2D eigenvalue weighted by atomic mass is 19.1. The number of hydrogen-bond acceptors (Lipinski definition) is 2. The molecule has 5 heteroatoms. The van der Waals surface area contributed by atoms with E-state index in [0.717, 1.165) is 25.9 Å². The minimum atomic E-state index is -0.551. The monoisotopic (exact) mass is 280 g/mol. The Hall–Kier alpha value is -1.49. The molecule has 108 valence electrons. The Morgan fingerprint density at radius 3 is 2.70 bits per heavy atom. The van der Waals surface area contributed by atoms with E-state index >= 15 is 0 Å². The SMILES string of the molecule is O=C(N[C@H]1CCCNC1)C1CC1c1c(F)cccc1F. The first-order valence-electron chi connectivity index (χ1n) is 7.12. The second-order valence-electron chi connectivity index (χ2n) is 5.64. The fraction of sp³-hybridized carbons (Fsp3) is 0.533. The number of hydrogen-bond donors (Lipinski definition) is 2. The van der Waals surface area contributed by atoms with Crippen molar-refractivity contribution < 1.29 is 13.6 Å². The third kappa shape index (κ3) is 2.68. The number of carbonyl (C=O) groups is 1. The predicted octanol–water partition coefficient (Wildman–Crippen LogP) is 1.94. The summed E-state index contributed by atoms with van der Waals surface area (Å²) in [5.41, 5.74) is 0.0643. The summed E-state index contributed by atoms with van der Waals surface area (Å²) in [6.45, 7) is 1.76. The molecule has 2 unspecified atom stereocenters. The molecule has 3 nitrogen and oxygen atoms in total. The molecule has 0 aromatic heterocycles. The van der Waals surface area contributed by atoms with E-state index in [1.807, 2.05) is 0 Å². The molecule has 1 amide bonds. The highest BCUT2D eigenvalue weighted by molar-refractivity contribution is 5.83. The van der Waals surface area contributed by atoms with Crippen molar-refractivity contribution in [1.82, 2.24) is 10.6 Å². The number of rotatable bonds is 3. The van der Waals surface area contributed by atoms with E-state index in [9.17, 15) is 13.6 Å². The van der Waals surface area contributed by atoms with Gasteiger partial charge in [-0.1, -0.05) is 6.07 Å². The lowest BCUT2D eigenvalue weighted by molar-refractivity contribution is -0.123. The molecular formula is C15H18F2N2O. The van der Waals surface area contributed by atoms with Crippen molar-refractivity contribution in [3.8, 4) is 0 Å². The average molecular weight is 280 g/mol. The van der Waals surface area contributed by atoms with E-state index in [1.54, 1.807) is 0 Å². The molecule has 1 aromatic rings. The zero-order valence-electron chi connectivity index (χ0n) is 11.2. The van der Waals surface area contributed by atoms with E-state index in [2.05, 4.69) is 10.6 Å². The van der Waals surface area contributed by atoms with Gasteiger partial charge in [-0.05, 0) is 37.9 Å². The van der Waals surface area contributed by atoms with Gasteiger partial charge < -0.3 is 10.6 Å². The van der Waals surface area contributed by atoms with Crippen LogP contribution in [0.3, 0.4) is 0 Å². The van der Waals surface area contributed by atoms with Crippen LogP contribution in [0.15, 0.2) is 18.2 Å². The van der Waals surface area contributed by atoms with Gasteiger partial charge in [0.25, 0.3) is 0 Å². The largest absolute Gasteiger partial charge is 0.352 e. The number of carbonyl (C=O) groups excluding carboxylic acids is 1. The number of amides is 1. The summed E-state index contributed by atoms with van der Waals surface area (Å²) >= 11 is 0. The zero-order valence-corrected chi connectivity index (χ0v) is 11.2. The topological polar surface area (TPSA) is 41.1 Å². The maximum Gasteiger partial charge on any atom is 0.224 e. The molecule has 2 aliphatic rings. The number of benzene rings is 1. The Morgan fingerprint density at radius 2 is 2.05 bits per heavy atom. The van der Waals surface area contributed by atoms with Crippen molar-refractivity contribution in [1.29, 1.82) is 0 Å². The highest BCUT2D eigenvalue weighted by Crippen LogP contribution is 2.49. The predicted molar refractivity (Wildman–Crippen MR) is 71.2 cm³/mol. The van der Waals surface area contributed by atoms with Crippen LogP contribution in [-0.2, 0) is 4.79 Å². The molecule has 3 rings (SSSR count). The van der Waals surface area contributed by atoms with Crippen LogP contribution < -0.4 is 10.6 Å². The van der Waals surface area contributed by atoms with Gasteiger partial charge in [-0.2, -0.15) is 0 Å². The highest BCUT2D eigenvalue weighted by Gasteiger charge is 2.46. The molecule has 3 atom stereocenters. The lowest BCUT2D eigenvalue weighted by Gasteiger charge is -2.23. The van der Waals surface area contributed by atoms with E-state index in [1.165, 1.54) is 18.2 Å². The van der Waals surface area contributed by atoms with E-state index in [-0.39, 0.29) is 29.3 Å². The third-order valence-corrected chi connectivity index (χ3v) is 4.14. The lowest BCUT2D eigenvalue weighted by atomic mass is 10.1. The molecule has 1 aliphatic carbocycles. The second kappa shape index (κ2) is 5.48. The van der Waals surface area contributed by atoms with Crippen LogP contribution in [0.25, 0.3) is 0 Å². The smallest absolute Gasteiger partial charge is 0.224 e. The summed E-state index contributed by atoms with van der Waals surface area (Å²) in [7, 11) is 0. The third-order valence-electron chi connectivity index (χ3n) is 4.14. The van der Waals surface area contributed by atoms with E-state index in [0.29, 0.717) is 6.42 Å². The average Bonchev–Trinajstić information content (AvgIpc) is 3.20. The van der Waals surface area contributed by atoms with Gasteiger partial charge in [0.2, 0.25) is 5.91 Å². The van der Waals surface area contributed by atoms with Crippen LogP contribution in [0, 0.1) is 17.6 Å². The van der Waals surface area contributed by atoms with Gasteiger partial charge in [0.05, 0.1) is 0 Å². The molecule has 0 radical (unpaired) electrons. The van der Waals surface area contributed by atoms with Gasteiger partial charge in [-0.25, -0.2) is 8.78 Å². The van der Waals surface area contributed by atoms with Crippen molar-refractivity contribution >= 4 is 5.91 Å². The molecule has 2 N–H and O–H groups in total. The lowest BCUT2D eigenvalue weighted by Crippen LogP contribution is -2.46.